The molecule has 0 heterocycles. The van der Waals surface area contributed by atoms with Gasteiger partial charge in [-0.15, -0.1) is 0 Å². The fourth-order valence-electron chi connectivity index (χ4n) is 2.07. The van der Waals surface area contributed by atoms with Crippen LogP contribution in [0.2, 0.25) is 0 Å². The Hall–Kier alpha value is 0. The molecule has 0 amide bonds. The molecule has 0 aliphatic heterocycles. The second-order valence-corrected chi connectivity index (χ2v) is 16.7. The highest BCUT2D eigenvalue weighted by atomic mass is 14.2. The van der Waals surface area contributed by atoms with Crippen LogP contribution in [0.1, 0.15) is 218 Å². The van der Waals surface area contributed by atoms with Crippen molar-refractivity contribution in [2.75, 3.05) is 0 Å². The third-order valence-corrected chi connectivity index (χ3v) is 8.05. The van der Waals surface area contributed by atoms with Crippen molar-refractivity contribution in [2.24, 2.45) is 65.1 Å². The van der Waals surface area contributed by atoms with Crippen LogP contribution in [-0.2, 0) is 0 Å². The largest absolute Gasteiger partial charge is 0.0651 e. The zero-order chi connectivity index (χ0) is 36.3. The molecule has 0 aliphatic carbocycles. The molecular weight excluding hydrogens is 516 g/mol. The molecule has 0 spiro atoms. The van der Waals surface area contributed by atoms with Crippen molar-refractivity contribution < 1.29 is 0 Å². The van der Waals surface area contributed by atoms with Gasteiger partial charge < -0.3 is 0 Å². The molecule has 0 rings (SSSR count). The summed E-state index contributed by atoms with van der Waals surface area (Å²) in [7, 11) is 0. The van der Waals surface area contributed by atoms with Crippen molar-refractivity contribution in [3.63, 3.8) is 0 Å². The molecule has 272 valence electrons. The second kappa shape index (κ2) is 44.1. The molecule has 0 saturated heterocycles. The molecule has 0 heteroatoms. The van der Waals surface area contributed by atoms with E-state index in [1.807, 2.05) is 0 Å². The summed E-state index contributed by atoms with van der Waals surface area (Å²) in [5.41, 5.74) is 0. The van der Waals surface area contributed by atoms with E-state index in [1.54, 1.807) is 0 Å². The van der Waals surface area contributed by atoms with Gasteiger partial charge in [0, 0.05) is 0 Å². The summed E-state index contributed by atoms with van der Waals surface area (Å²) in [5, 5.41) is 0. The first kappa shape index (κ1) is 58.5. The summed E-state index contributed by atoms with van der Waals surface area (Å²) in [6.07, 6.45) is 9.27. The molecular formula is C43H100. The molecule has 0 radical (unpaired) electrons. The number of rotatable bonds is 11. The summed E-state index contributed by atoms with van der Waals surface area (Å²) in [6, 6.07) is 0. The van der Waals surface area contributed by atoms with Crippen LogP contribution in [0.3, 0.4) is 0 Å². The topological polar surface area (TPSA) is 0 Å². The molecule has 0 N–H and O–H groups in total. The van der Waals surface area contributed by atoms with E-state index < -0.39 is 0 Å². The van der Waals surface area contributed by atoms with Crippen LogP contribution < -0.4 is 0 Å². The van der Waals surface area contributed by atoms with Gasteiger partial charge in [-0.1, -0.05) is 205 Å². The average Bonchev–Trinajstić information content (AvgIpc) is 2.89. The summed E-state index contributed by atoms with van der Waals surface area (Å²) >= 11 is 0. The predicted molar refractivity (Wildman–Crippen MR) is 213 cm³/mol. The summed E-state index contributed by atoms with van der Waals surface area (Å²) in [4.78, 5) is 0. The van der Waals surface area contributed by atoms with Gasteiger partial charge in [-0.2, -0.15) is 0 Å². The minimum atomic E-state index is 0.844. The lowest BCUT2D eigenvalue weighted by molar-refractivity contribution is 0.283. The first-order valence-electron chi connectivity index (χ1n) is 19.4. The van der Waals surface area contributed by atoms with E-state index >= 15 is 0 Å². The highest BCUT2D eigenvalue weighted by Gasteiger charge is 2.14. The van der Waals surface area contributed by atoms with Crippen LogP contribution in [0, 0.1) is 65.1 Å². The van der Waals surface area contributed by atoms with E-state index in [4.69, 9.17) is 0 Å². The van der Waals surface area contributed by atoms with Crippen LogP contribution in [0.5, 0.6) is 0 Å². The highest BCUT2D eigenvalue weighted by Crippen LogP contribution is 2.24. The van der Waals surface area contributed by atoms with Crippen molar-refractivity contribution in [3.05, 3.63) is 0 Å². The van der Waals surface area contributed by atoms with Gasteiger partial charge in [0.05, 0.1) is 0 Å². The monoisotopic (exact) mass is 617 g/mol. The number of hydrogen-bond acceptors (Lipinski definition) is 0. The third-order valence-electron chi connectivity index (χ3n) is 8.05. The molecule has 0 bridgehead atoms. The van der Waals surface area contributed by atoms with Crippen LogP contribution in [-0.4, -0.2) is 0 Å². The fraction of sp³-hybridized carbons (Fsp3) is 1.00. The van der Waals surface area contributed by atoms with Gasteiger partial charge in [0.15, 0.2) is 0 Å². The first-order valence-corrected chi connectivity index (χ1v) is 19.4. The zero-order valence-electron chi connectivity index (χ0n) is 36.3. The Morgan fingerprint density at radius 2 is 0.372 bits per heavy atom. The van der Waals surface area contributed by atoms with Crippen LogP contribution in [0.15, 0.2) is 0 Å². The Balaban J connectivity index is -0.0000000724. The minimum Gasteiger partial charge on any atom is -0.0651 e. The fourth-order valence-corrected chi connectivity index (χ4v) is 2.07. The molecule has 0 aliphatic rings. The lowest BCUT2D eigenvalue weighted by Crippen LogP contribution is -2.12. The van der Waals surface area contributed by atoms with Gasteiger partial charge in [-0.05, 0) is 77.9 Å². The summed E-state index contributed by atoms with van der Waals surface area (Å²) in [6.45, 7) is 56.3. The molecule has 2 atom stereocenters. The Morgan fingerprint density at radius 3 is 0.419 bits per heavy atom. The van der Waals surface area contributed by atoms with E-state index in [9.17, 15) is 0 Å². The van der Waals surface area contributed by atoms with Crippen LogP contribution >= 0.6 is 0 Å². The van der Waals surface area contributed by atoms with Gasteiger partial charge >= 0.3 is 0 Å². The van der Waals surface area contributed by atoms with E-state index in [-0.39, 0.29) is 0 Å². The molecule has 2 unspecified atom stereocenters. The van der Waals surface area contributed by atoms with E-state index in [0.29, 0.717) is 0 Å². The summed E-state index contributed by atoms with van der Waals surface area (Å²) < 4.78 is 0. The van der Waals surface area contributed by atoms with Gasteiger partial charge in [0.25, 0.3) is 0 Å². The smallest absolute Gasteiger partial charge is 0.0417 e. The standard InChI is InChI=1S/C11H24.C7H16.5C5H12/c1-8(2)10(5)7-11(6)9(3)4;1-6(2)5-7(3)4;5*1-4-5(2)3/h8-11H,7H2,1-6H3;6-7H,5H2,1-4H3;5*5H,4H2,1-3H3. The van der Waals surface area contributed by atoms with Crippen molar-refractivity contribution in [1.82, 2.24) is 0 Å². The highest BCUT2D eigenvalue weighted by molar-refractivity contribution is 4.64. The Kier molecular flexibility index (Phi) is 60.1. The molecule has 0 nitrogen and oxygen atoms in total. The van der Waals surface area contributed by atoms with Crippen molar-refractivity contribution in [2.45, 2.75) is 218 Å². The Labute approximate surface area is 282 Å². The first-order chi connectivity index (χ1) is 19.4. The zero-order valence-corrected chi connectivity index (χ0v) is 36.3. The Morgan fingerprint density at radius 1 is 0.233 bits per heavy atom. The SMILES string of the molecule is CC(C)C(C)CC(C)C(C)C.CC(C)CC(C)C.CCC(C)C.CCC(C)C.CCC(C)C.CCC(C)C.CCC(C)C. The van der Waals surface area contributed by atoms with Crippen molar-refractivity contribution in [1.29, 1.82) is 0 Å². The van der Waals surface area contributed by atoms with Gasteiger partial charge in [-0.25, -0.2) is 0 Å². The third kappa shape index (κ3) is 99.4. The normalized spacial score (nSPS) is 11.9. The average molecular weight is 617 g/mol. The predicted octanol–water partition coefficient (Wildman–Crippen LogP) is 16.9. The van der Waals surface area contributed by atoms with E-state index in [2.05, 4.69) is 173 Å². The summed E-state index contributed by atoms with van der Waals surface area (Å²) in [5.74, 6) is 9.62. The van der Waals surface area contributed by atoms with Crippen LogP contribution in [0.4, 0.5) is 0 Å². The van der Waals surface area contributed by atoms with Crippen LogP contribution in [0.25, 0.3) is 0 Å². The second-order valence-electron chi connectivity index (χ2n) is 16.7. The maximum absolute atomic E-state index is 2.36. The molecule has 0 aromatic heterocycles. The quantitative estimate of drug-likeness (QED) is 0.217. The maximum atomic E-state index is 2.36. The Bertz CT molecular complexity index is 343. The molecule has 0 aromatic carbocycles. The lowest BCUT2D eigenvalue weighted by Gasteiger charge is -2.22. The lowest BCUT2D eigenvalue weighted by atomic mass is 9.84. The van der Waals surface area contributed by atoms with Gasteiger partial charge in [0.2, 0.25) is 0 Å². The number of hydrogen-bond donors (Lipinski definition) is 0. The van der Waals surface area contributed by atoms with Crippen molar-refractivity contribution in [3.8, 4) is 0 Å². The molecule has 0 saturated carbocycles. The minimum absolute atomic E-state index is 0.844. The maximum Gasteiger partial charge on any atom is -0.0417 e. The van der Waals surface area contributed by atoms with Gasteiger partial charge in [-0.3, -0.25) is 0 Å². The molecule has 0 fully saturated rings. The molecule has 0 aromatic rings. The van der Waals surface area contributed by atoms with E-state index in [1.165, 1.54) is 44.9 Å². The van der Waals surface area contributed by atoms with Gasteiger partial charge in [0.1, 0.15) is 0 Å². The van der Waals surface area contributed by atoms with E-state index in [0.717, 1.165) is 65.1 Å². The van der Waals surface area contributed by atoms with Crippen molar-refractivity contribution >= 4 is 0 Å². The molecule has 43 heavy (non-hydrogen) atoms.